The van der Waals surface area contributed by atoms with E-state index >= 15 is 0 Å². The minimum absolute atomic E-state index is 0.0189. The van der Waals surface area contributed by atoms with Crippen molar-refractivity contribution >= 4 is 11.6 Å². The molecule has 7 nitrogen and oxygen atoms in total. The number of benzene rings is 1. The normalized spacial score (nSPS) is 28.7. The Balaban J connectivity index is 1.20. The minimum Gasteiger partial charge on any atom is -0.494 e. The maximum absolute atomic E-state index is 13.1. The quantitative estimate of drug-likeness (QED) is 0.535. The van der Waals surface area contributed by atoms with E-state index in [0.29, 0.717) is 25.7 Å². The van der Waals surface area contributed by atoms with Gasteiger partial charge in [0.15, 0.2) is 5.82 Å². The maximum atomic E-state index is 13.1. The van der Waals surface area contributed by atoms with E-state index in [1.165, 1.54) is 12.8 Å². The first-order chi connectivity index (χ1) is 17.1. The highest BCUT2D eigenvalue weighted by Gasteiger charge is 2.52. The highest BCUT2D eigenvalue weighted by Crippen LogP contribution is 2.59. The van der Waals surface area contributed by atoms with Gasteiger partial charge in [-0.25, -0.2) is 0 Å². The average Bonchev–Trinajstić information content (AvgIpc) is 3.63. The van der Waals surface area contributed by atoms with Gasteiger partial charge in [0.05, 0.1) is 6.61 Å². The number of carbonyl (C=O) groups is 1. The lowest BCUT2D eigenvalue weighted by atomic mass is 9.52. The molecule has 7 rings (SSSR count). The van der Waals surface area contributed by atoms with Gasteiger partial charge in [-0.2, -0.15) is 4.98 Å². The third-order valence-electron chi connectivity index (χ3n) is 9.07. The summed E-state index contributed by atoms with van der Waals surface area (Å²) in [5.74, 6) is 3.36. The zero-order chi connectivity index (χ0) is 23.9. The predicted octanol–water partition coefficient (Wildman–Crippen LogP) is 5.55. The Hall–Kier alpha value is -2.41. The van der Waals surface area contributed by atoms with Crippen molar-refractivity contribution in [1.82, 2.24) is 10.1 Å². The molecule has 5 fully saturated rings. The number of carbonyl (C=O) groups excluding carboxylic acids is 1. The molecule has 1 saturated heterocycles. The van der Waals surface area contributed by atoms with Crippen LogP contribution in [-0.2, 0) is 21.4 Å². The van der Waals surface area contributed by atoms with E-state index in [0.717, 1.165) is 86.5 Å². The first-order valence-electron chi connectivity index (χ1n) is 13.6. The Morgan fingerprint density at radius 3 is 2.51 bits per heavy atom. The molecule has 7 heteroatoms. The molecule has 2 bridgehead atoms. The second-order valence-corrected chi connectivity index (χ2v) is 11.3. The van der Waals surface area contributed by atoms with Crippen molar-refractivity contribution < 1.29 is 18.8 Å². The Kier molecular flexibility index (Phi) is 6.07. The van der Waals surface area contributed by atoms with Gasteiger partial charge in [-0.15, -0.1) is 0 Å². The number of anilines is 1. The molecule has 188 valence electrons. The fourth-order valence-corrected chi connectivity index (χ4v) is 6.53. The summed E-state index contributed by atoms with van der Waals surface area (Å²) in [7, 11) is 0. The standard InChI is InChI=1S/C28H37N3O4/c1-2-34-23-5-3-4-22(29-25(32)20-8-16-33-17-9-20)21(23)18-27-10-13-28(14-11-27,15-12-27)26-30-24(31-35-26)19-6-7-19/h3-5,19-20H,2,6-18H2,1H3,(H,29,32). The molecule has 1 N–H and O–H groups in total. The first kappa shape index (κ1) is 23.0. The molecule has 2 aromatic rings. The summed E-state index contributed by atoms with van der Waals surface area (Å²) in [6.45, 7) is 3.96. The van der Waals surface area contributed by atoms with Crippen LogP contribution in [0, 0.1) is 11.3 Å². The van der Waals surface area contributed by atoms with Crippen LogP contribution in [0.25, 0.3) is 0 Å². The molecule has 1 aromatic carbocycles. The number of hydrogen-bond acceptors (Lipinski definition) is 6. The summed E-state index contributed by atoms with van der Waals surface area (Å²) in [6, 6.07) is 6.08. The topological polar surface area (TPSA) is 86.5 Å². The number of fused-ring (bicyclic) bond motifs is 3. The number of ether oxygens (including phenoxy) is 2. The Bertz CT molecular complexity index is 1050. The van der Waals surface area contributed by atoms with Crippen LogP contribution < -0.4 is 10.1 Å². The molecule has 4 aliphatic carbocycles. The Morgan fingerprint density at radius 2 is 1.83 bits per heavy atom. The number of rotatable bonds is 8. The number of aromatic nitrogens is 2. The predicted molar refractivity (Wildman–Crippen MR) is 132 cm³/mol. The fourth-order valence-electron chi connectivity index (χ4n) is 6.53. The molecule has 1 aliphatic heterocycles. The number of nitrogens with zero attached hydrogens (tertiary/aromatic N) is 2. The third kappa shape index (κ3) is 4.48. The van der Waals surface area contributed by atoms with E-state index in [9.17, 15) is 4.79 Å². The van der Waals surface area contributed by atoms with E-state index in [2.05, 4.69) is 10.5 Å². The van der Waals surface area contributed by atoms with E-state index < -0.39 is 0 Å². The summed E-state index contributed by atoms with van der Waals surface area (Å²) in [4.78, 5) is 17.9. The van der Waals surface area contributed by atoms with Crippen LogP contribution in [0.2, 0.25) is 0 Å². The summed E-state index contributed by atoms with van der Waals surface area (Å²) in [5.41, 5.74) is 2.35. The summed E-state index contributed by atoms with van der Waals surface area (Å²) >= 11 is 0. The van der Waals surface area contributed by atoms with Gasteiger partial charge in [0, 0.05) is 41.7 Å². The van der Waals surface area contributed by atoms with Gasteiger partial charge in [0.2, 0.25) is 11.8 Å². The van der Waals surface area contributed by atoms with Crippen molar-refractivity contribution in [2.45, 2.75) is 88.9 Å². The Labute approximate surface area is 207 Å². The van der Waals surface area contributed by atoms with Gasteiger partial charge in [0.25, 0.3) is 0 Å². The van der Waals surface area contributed by atoms with Crippen molar-refractivity contribution in [3.8, 4) is 5.75 Å². The number of amides is 1. The SMILES string of the molecule is CCOc1cccc(NC(=O)C2CCOCC2)c1CC12CCC(c3nc(C4CC4)no3)(CC1)CC2. The first-order valence-corrected chi connectivity index (χ1v) is 13.6. The van der Waals surface area contributed by atoms with Crippen molar-refractivity contribution in [3.63, 3.8) is 0 Å². The molecule has 0 radical (unpaired) electrons. The summed E-state index contributed by atoms with van der Waals surface area (Å²) < 4.78 is 17.3. The lowest BCUT2D eigenvalue weighted by molar-refractivity contribution is -0.122. The molecular weight excluding hydrogens is 442 g/mol. The second kappa shape index (κ2) is 9.23. The third-order valence-corrected chi connectivity index (χ3v) is 9.07. The van der Waals surface area contributed by atoms with Crippen molar-refractivity contribution in [3.05, 3.63) is 35.5 Å². The molecule has 5 aliphatic rings. The monoisotopic (exact) mass is 479 g/mol. The zero-order valence-electron chi connectivity index (χ0n) is 20.8. The van der Waals surface area contributed by atoms with E-state index in [1.807, 2.05) is 25.1 Å². The van der Waals surface area contributed by atoms with Gasteiger partial charge in [-0.05, 0) is 95.1 Å². The van der Waals surface area contributed by atoms with E-state index in [4.69, 9.17) is 19.0 Å². The van der Waals surface area contributed by atoms with Crippen LogP contribution in [0.15, 0.2) is 22.7 Å². The van der Waals surface area contributed by atoms with Gasteiger partial charge in [-0.1, -0.05) is 11.2 Å². The van der Waals surface area contributed by atoms with Gasteiger partial charge in [0.1, 0.15) is 5.75 Å². The van der Waals surface area contributed by atoms with Crippen LogP contribution in [-0.4, -0.2) is 35.9 Å². The average molecular weight is 480 g/mol. The van der Waals surface area contributed by atoms with Gasteiger partial charge in [-0.3, -0.25) is 4.79 Å². The van der Waals surface area contributed by atoms with Gasteiger partial charge < -0.3 is 19.3 Å². The zero-order valence-corrected chi connectivity index (χ0v) is 20.8. The molecule has 1 amide bonds. The number of nitrogens with one attached hydrogen (secondary N) is 1. The van der Waals surface area contributed by atoms with E-state index in [1.54, 1.807) is 0 Å². The molecule has 2 heterocycles. The smallest absolute Gasteiger partial charge is 0.232 e. The van der Waals surface area contributed by atoms with E-state index in [-0.39, 0.29) is 22.7 Å². The summed E-state index contributed by atoms with van der Waals surface area (Å²) in [5, 5.41) is 7.58. The molecule has 0 atom stereocenters. The largest absolute Gasteiger partial charge is 0.494 e. The van der Waals surface area contributed by atoms with Crippen LogP contribution in [0.1, 0.15) is 94.3 Å². The molecule has 4 saturated carbocycles. The lowest BCUT2D eigenvalue weighted by Gasteiger charge is -2.52. The summed E-state index contributed by atoms with van der Waals surface area (Å²) in [6.07, 6.45) is 11.6. The van der Waals surface area contributed by atoms with Crippen molar-refractivity contribution in [2.24, 2.45) is 11.3 Å². The molecule has 0 spiro atoms. The molecule has 1 aromatic heterocycles. The minimum atomic E-state index is 0.0189. The highest BCUT2D eigenvalue weighted by molar-refractivity contribution is 5.93. The van der Waals surface area contributed by atoms with Crippen LogP contribution >= 0.6 is 0 Å². The van der Waals surface area contributed by atoms with Crippen LogP contribution in [0.5, 0.6) is 5.75 Å². The second-order valence-electron chi connectivity index (χ2n) is 11.3. The highest BCUT2D eigenvalue weighted by atomic mass is 16.5. The fraction of sp³-hybridized carbons (Fsp3) is 0.679. The Morgan fingerprint density at radius 1 is 1.09 bits per heavy atom. The molecular formula is C28H37N3O4. The molecule has 0 unspecified atom stereocenters. The lowest BCUT2D eigenvalue weighted by Crippen LogP contribution is -2.45. The van der Waals surface area contributed by atoms with Crippen molar-refractivity contribution in [2.75, 3.05) is 25.1 Å². The van der Waals surface area contributed by atoms with Crippen LogP contribution in [0.3, 0.4) is 0 Å². The maximum Gasteiger partial charge on any atom is 0.232 e. The van der Waals surface area contributed by atoms with Crippen LogP contribution in [0.4, 0.5) is 5.69 Å². The van der Waals surface area contributed by atoms with Crippen molar-refractivity contribution in [1.29, 1.82) is 0 Å². The number of hydrogen-bond donors (Lipinski definition) is 1. The van der Waals surface area contributed by atoms with Gasteiger partial charge >= 0.3 is 0 Å². The molecule has 35 heavy (non-hydrogen) atoms.